The average Bonchev–Trinajstić information content (AvgIpc) is 2.60. The number of hydrogen-bond donors (Lipinski definition) is 1. The summed E-state index contributed by atoms with van der Waals surface area (Å²) in [6.45, 7) is 0. The van der Waals surface area contributed by atoms with Gasteiger partial charge in [0.25, 0.3) is 5.91 Å². The molecular formula is C18H23NO5. The van der Waals surface area contributed by atoms with Crippen molar-refractivity contribution in [2.24, 2.45) is 5.92 Å². The van der Waals surface area contributed by atoms with Crippen molar-refractivity contribution in [2.45, 2.75) is 37.8 Å². The van der Waals surface area contributed by atoms with Gasteiger partial charge in [-0.05, 0) is 24.3 Å². The molecule has 1 amide bonds. The average molecular weight is 333 g/mol. The fraction of sp³-hybridized carbons (Fsp3) is 0.500. The second-order valence-corrected chi connectivity index (χ2v) is 5.93. The Bertz CT molecular complexity index is 586. The van der Waals surface area contributed by atoms with Gasteiger partial charge in [-0.3, -0.25) is 9.59 Å². The Morgan fingerprint density at radius 1 is 1.21 bits per heavy atom. The molecule has 0 saturated heterocycles. The molecule has 0 bridgehead atoms. The minimum absolute atomic E-state index is 0.112. The Morgan fingerprint density at radius 3 is 2.50 bits per heavy atom. The molecule has 6 nitrogen and oxygen atoms in total. The Kier molecular flexibility index (Phi) is 6.49. The molecule has 0 spiro atoms. The zero-order chi connectivity index (χ0) is 17.5. The van der Waals surface area contributed by atoms with Gasteiger partial charge in [0, 0.05) is 20.0 Å². The van der Waals surface area contributed by atoms with E-state index in [1.165, 1.54) is 14.2 Å². The van der Waals surface area contributed by atoms with Crippen molar-refractivity contribution in [3.05, 3.63) is 35.9 Å². The summed E-state index contributed by atoms with van der Waals surface area (Å²) in [5.74, 6) is -1.08. The third-order valence-electron chi connectivity index (χ3n) is 4.32. The normalized spacial score (nSPS) is 20.1. The van der Waals surface area contributed by atoms with Crippen molar-refractivity contribution in [3.63, 3.8) is 0 Å². The molecule has 2 rings (SSSR count). The maximum absolute atomic E-state index is 12.6. The third kappa shape index (κ3) is 4.41. The molecule has 0 radical (unpaired) electrons. The molecule has 6 heteroatoms. The molecule has 1 aromatic rings. The highest BCUT2D eigenvalue weighted by Gasteiger charge is 2.35. The van der Waals surface area contributed by atoms with Gasteiger partial charge in [-0.2, -0.15) is 0 Å². The Labute approximate surface area is 141 Å². The fourth-order valence-corrected chi connectivity index (χ4v) is 3.09. The summed E-state index contributed by atoms with van der Waals surface area (Å²) in [5.41, 5.74) is 0.695. The van der Waals surface area contributed by atoms with Crippen LogP contribution in [0.3, 0.4) is 0 Å². The van der Waals surface area contributed by atoms with E-state index in [-0.39, 0.29) is 18.1 Å². The molecular weight excluding hydrogens is 310 g/mol. The molecule has 1 aromatic carbocycles. The van der Waals surface area contributed by atoms with Crippen LogP contribution in [0.2, 0.25) is 0 Å². The number of rotatable bonds is 6. The second kappa shape index (κ2) is 8.59. The van der Waals surface area contributed by atoms with Gasteiger partial charge in [0.05, 0.1) is 7.11 Å². The largest absolute Gasteiger partial charge is 0.467 e. The number of benzene rings is 1. The zero-order valence-electron chi connectivity index (χ0n) is 14.0. The van der Waals surface area contributed by atoms with Gasteiger partial charge < -0.3 is 14.8 Å². The predicted molar refractivity (Wildman–Crippen MR) is 87.1 cm³/mol. The number of nitrogens with one attached hydrogen (secondary N) is 1. The second-order valence-electron chi connectivity index (χ2n) is 5.93. The highest BCUT2D eigenvalue weighted by Crippen LogP contribution is 2.26. The molecule has 1 saturated carbocycles. The maximum atomic E-state index is 12.6. The zero-order valence-corrected chi connectivity index (χ0v) is 14.0. The number of Topliss-reactive ketones (excluding diaryl/α,β-unsaturated/α-hetero) is 1. The summed E-state index contributed by atoms with van der Waals surface area (Å²) < 4.78 is 10.1. The lowest BCUT2D eigenvalue weighted by molar-refractivity contribution is -0.149. The summed E-state index contributed by atoms with van der Waals surface area (Å²) in [5, 5.41) is 2.72. The van der Waals surface area contributed by atoms with Crippen molar-refractivity contribution in [1.82, 2.24) is 5.32 Å². The number of methoxy groups -OCH3 is 2. The number of ketones is 1. The summed E-state index contributed by atoms with van der Waals surface area (Å²) in [6, 6.07) is 8.20. The molecule has 0 heterocycles. The molecule has 130 valence electrons. The van der Waals surface area contributed by atoms with E-state index in [2.05, 4.69) is 5.32 Å². The van der Waals surface area contributed by atoms with E-state index in [1.54, 1.807) is 12.1 Å². The van der Waals surface area contributed by atoms with E-state index in [0.29, 0.717) is 18.4 Å². The van der Waals surface area contributed by atoms with Gasteiger partial charge in [0.15, 0.2) is 6.10 Å². The van der Waals surface area contributed by atoms with E-state index in [1.807, 2.05) is 18.2 Å². The van der Waals surface area contributed by atoms with E-state index in [4.69, 9.17) is 9.47 Å². The molecule has 1 N–H and O–H groups in total. The van der Waals surface area contributed by atoms with Crippen LogP contribution in [0.5, 0.6) is 0 Å². The van der Waals surface area contributed by atoms with Crippen molar-refractivity contribution in [1.29, 1.82) is 0 Å². The van der Waals surface area contributed by atoms with E-state index < -0.39 is 24.0 Å². The number of carbonyl (C=O) groups is 3. The minimum atomic E-state index is -0.840. The molecule has 24 heavy (non-hydrogen) atoms. The maximum Gasteiger partial charge on any atom is 0.328 e. The first-order valence-electron chi connectivity index (χ1n) is 8.04. The molecule has 0 aromatic heterocycles. The van der Waals surface area contributed by atoms with Crippen LogP contribution in [0.1, 0.15) is 37.4 Å². The number of hydrogen-bond acceptors (Lipinski definition) is 5. The van der Waals surface area contributed by atoms with Gasteiger partial charge in [-0.15, -0.1) is 0 Å². The first kappa shape index (κ1) is 18.1. The summed E-state index contributed by atoms with van der Waals surface area (Å²) in [7, 11) is 2.71. The van der Waals surface area contributed by atoms with Crippen LogP contribution in [0.25, 0.3) is 0 Å². The number of amides is 1. The molecule has 0 unspecified atom stereocenters. The lowest BCUT2D eigenvalue weighted by atomic mass is 9.83. The Morgan fingerprint density at radius 2 is 1.92 bits per heavy atom. The van der Waals surface area contributed by atoms with E-state index in [9.17, 15) is 14.4 Å². The lowest BCUT2D eigenvalue weighted by Crippen LogP contribution is -2.49. The van der Waals surface area contributed by atoms with Crippen molar-refractivity contribution < 1.29 is 23.9 Å². The van der Waals surface area contributed by atoms with Crippen LogP contribution in [-0.4, -0.2) is 37.9 Å². The van der Waals surface area contributed by atoms with Gasteiger partial charge in [0.2, 0.25) is 0 Å². The number of esters is 1. The van der Waals surface area contributed by atoms with Gasteiger partial charge in [0.1, 0.15) is 11.8 Å². The molecule has 3 atom stereocenters. The summed E-state index contributed by atoms with van der Waals surface area (Å²) >= 11 is 0. The van der Waals surface area contributed by atoms with E-state index >= 15 is 0 Å². The number of ether oxygens (including phenoxy) is 2. The molecule has 0 aliphatic heterocycles. The van der Waals surface area contributed by atoms with E-state index in [0.717, 1.165) is 6.42 Å². The first-order valence-corrected chi connectivity index (χ1v) is 8.04. The topological polar surface area (TPSA) is 81.7 Å². The van der Waals surface area contributed by atoms with Crippen molar-refractivity contribution >= 4 is 17.7 Å². The van der Waals surface area contributed by atoms with Crippen LogP contribution in [-0.2, 0) is 23.9 Å². The predicted octanol–water partition coefficient (Wildman–Crippen LogP) is 1.79. The summed E-state index contributed by atoms with van der Waals surface area (Å²) in [4.78, 5) is 36.4. The van der Waals surface area contributed by atoms with Crippen LogP contribution >= 0.6 is 0 Å². The van der Waals surface area contributed by atoms with Crippen LogP contribution in [0.4, 0.5) is 0 Å². The molecule has 1 aliphatic carbocycles. The Balaban J connectivity index is 2.14. The molecule has 1 aliphatic rings. The third-order valence-corrected chi connectivity index (χ3v) is 4.32. The quantitative estimate of drug-likeness (QED) is 0.803. The lowest BCUT2D eigenvalue weighted by Gasteiger charge is -2.29. The molecule has 1 fully saturated rings. The monoisotopic (exact) mass is 333 g/mol. The SMILES string of the molecule is COC(=O)[C@@H](NC(=O)[C@H](OC)c1ccccc1)[C@H]1CCCC(=O)C1. The van der Waals surface area contributed by atoms with Crippen LogP contribution < -0.4 is 5.32 Å². The minimum Gasteiger partial charge on any atom is -0.467 e. The van der Waals surface area contributed by atoms with Crippen LogP contribution in [0.15, 0.2) is 30.3 Å². The highest BCUT2D eigenvalue weighted by atomic mass is 16.5. The number of carbonyl (C=O) groups excluding carboxylic acids is 3. The first-order chi connectivity index (χ1) is 11.6. The van der Waals surface area contributed by atoms with Gasteiger partial charge >= 0.3 is 5.97 Å². The summed E-state index contributed by atoms with van der Waals surface area (Å²) in [6.07, 6.45) is 1.41. The van der Waals surface area contributed by atoms with Crippen molar-refractivity contribution in [2.75, 3.05) is 14.2 Å². The van der Waals surface area contributed by atoms with Gasteiger partial charge in [-0.25, -0.2) is 4.79 Å². The highest BCUT2D eigenvalue weighted by molar-refractivity contribution is 5.89. The smallest absolute Gasteiger partial charge is 0.328 e. The van der Waals surface area contributed by atoms with Crippen LogP contribution in [0, 0.1) is 5.92 Å². The van der Waals surface area contributed by atoms with Gasteiger partial charge in [-0.1, -0.05) is 30.3 Å². The fourth-order valence-electron chi connectivity index (χ4n) is 3.09. The Hall–Kier alpha value is -2.21. The van der Waals surface area contributed by atoms with Crippen molar-refractivity contribution in [3.8, 4) is 0 Å². The standard InChI is InChI=1S/C18H23NO5/c1-23-16(12-7-4-3-5-8-12)17(21)19-15(18(22)24-2)13-9-6-10-14(20)11-13/h3-5,7-8,13,15-16H,6,9-11H2,1-2H3,(H,19,21)/t13-,15-,16+/m0/s1.